The standard InChI is InChI=1S/C8H14O3/c1-2-3-8-10-6-7(11-8)4-5-9/h5,7-8H,2-4,6H2,1H3. The predicted molar refractivity (Wildman–Crippen MR) is 40.2 cm³/mol. The molecule has 64 valence electrons. The highest BCUT2D eigenvalue weighted by molar-refractivity contribution is 5.50. The third kappa shape index (κ3) is 2.60. The van der Waals surface area contributed by atoms with E-state index in [1.165, 1.54) is 0 Å². The second kappa shape index (κ2) is 4.46. The second-order valence-corrected chi connectivity index (χ2v) is 2.71. The van der Waals surface area contributed by atoms with Crippen LogP contribution in [0.2, 0.25) is 0 Å². The molecule has 11 heavy (non-hydrogen) atoms. The van der Waals surface area contributed by atoms with Crippen LogP contribution in [0.15, 0.2) is 0 Å². The molecule has 0 aromatic heterocycles. The summed E-state index contributed by atoms with van der Waals surface area (Å²) in [7, 11) is 0. The maximum atomic E-state index is 10.1. The van der Waals surface area contributed by atoms with E-state index in [-0.39, 0.29) is 12.4 Å². The van der Waals surface area contributed by atoms with Gasteiger partial charge in [0.2, 0.25) is 0 Å². The molecule has 1 heterocycles. The summed E-state index contributed by atoms with van der Waals surface area (Å²) >= 11 is 0. The quantitative estimate of drug-likeness (QED) is 0.575. The molecule has 2 atom stereocenters. The summed E-state index contributed by atoms with van der Waals surface area (Å²) in [6.07, 6.45) is 3.25. The van der Waals surface area contributed by atoms with Crippen LogP contribution < -0.4 is 0 Å². The SMILES string of the molecule is CCCC1OCC(CC=O)O1. The van der Waals surface area contributed by atoms with Crippen molar-refractivity contribution in [1.29, 1.82) is 0 Å². The molecule has 1 aliphatic rings. The summed E-state index contributed by atoms with van der Waals surface area (Å²) in [5.41, 5.74) is 0. The molecule has 3 nitrogen and oxygen atoms in total. The number of carbonyl (C=O) groups excluding carboxylic acids is 1. The van der Waals surface area contributed by atoms with Gasteiger partial charge in [0.15, 0.2) is 6.29 Å². The van der Waals surface area contributed by atoms with E-state index in [1.807, 2.05) is 0 Å². The van der Waals surface area contributed by atoms with Gasteiger partial charge in [-0.1, -0.05) is 13.3 Å². The van der Waals surface area contributed by atoms with Crippen molar-refractivity contribution in [3.8, 4) is 0 Å². The van der Waals surface area contributed by atoms with Crippen molar-refractivity contribution < 1.29 is 14.3 Å². The van der Waals surface area contributed by atoms with E-state index in [0.29, 0.717) is 13.0 Å². The minimum Gasteiger partial charge on any atom is -0.350 e. The smallest absolute Gasteiger partial charge is 0.158 e. The fourth-order valence-electron chi connectivity index (χ4n) is 1.13. The number of ether oxygens (including phenoxy) is 2. The normalized spacial score (nSPS) is 30.6. The van der Waals surface area contributed by atoms with E-state index >= 15 is 0 Å². The maximum absolute atomic E-state index is 10.1. The zero-order valence-electron chi connectivity index (χ0n) is 6.79. The number of hydrogen-bond acceptors (Lipinski definition) is 3. The van der Waals surface area contributed by atoms with Gasteiger partial charge in [-0.15, -0.1) is 0 Å². The third-order valence-corrected chi connectivity index (χ3v) is 1.70. The first-order valence-electron chi connectivity index (χ1n) is 4.07. The van der Waals surface area contributed by atoms with Crippen LogP contribution in [-0.2, 0) is 14.3 Å². The Balaban J connectivity index is 2.17. The fourth-order valence-corrected chi connectivity index (χ4v) is 1.13. The lowest BCUT2D eigenvalue weighted by molar-refractivity contribution is -0.111. The highest BCUT2D eigenvalue weighted by atomic mass is 16.7. The summed E-state index contributed by atoms with van der Waals surface area (Å²) < 4.78 is 10.7. The molecule has 0 bridgehead atoms. The van der Waals surface area contributed by atoms with E-state index in [4.69, 9.17) is 9.47 Å². The van der Waals surface area contributed by atoms with Gasteiger partial charge < -0.3 is 14.3 Å². The van der Waals surface area contributed by atoms with Crippen molar-refractivity contribution in [1.82, 2.24) is 0 Å². The predicted octanol–water partition coefficient (Wildman–Crippen LogP) is 1.12. The van der Waals surface area contributed by atoms with Crippen LogP contribution in [-0.4, -0.2) is 25.3 Å². The number of rotatable bonds is 4. The minimum atomic E-state index is -0.0649. The van der Waals surface area contributed by atoms with E-state index < -0.39 is 0 Å². The Labute approximate surface area is 66.7 Å². The molecule has 1 fully saturated rings. The van der Waals surface area contributed by atoms with Crippen molar-refractivity contribution in [2.45, 2.75) is 38.6 Å². The van der Waals surface area contributed by atoms with E-state index in [9.17, 15) is 4.79 Å². The number of aldehydes is 1. The third-order valence-electron chi connectivity index (χ3n) is 1.70. The largest absolute Gasteiger partial charge is 0.350 e. The highest BCUT2D eigenvalue weighted by Crippen LogP contribution is 2.16. The van der Waals surface area contributed by atoms with Gasteiger partial charge in [-0.25, -0.2) is 0 Å². The molecule has 0 aliphatic carbocycles. The summed E-state index contributed by atoms with van der Waals surface area (Å²) in [6, 6.07) is 0. The van der Waals surface area contributed by atoms with Crippen molar-refractivity contribution in [2.75, 3.05) is 6.61 Å². The zero-order chi connectivity index (χ0) is 8.10. The first-order valence-corrected chi connectivity index (χ1v) is 4.07. The van der Waals surface area contributed by atoms with Crippen molar-refractivity contribution in [3.05, 3.63) is 0 Å². The van der Waals surface area contributed by atoms with E-state index in [0.717, 1.165) is 19.1 Å². The average Bonchev–Trinajstić information content (AvgIpc) is 2.38. The highest BCUT2D eigenvalue weighted by Gasteiger charge is 2.24. The van der Waals surface area contributed by atoms with Crippen LogP contribution in [0.4, 0.5) is 0 Å². The minimum absolute atomic E-state index is 0.00375. The van der Waals surface area contributed by atoms with Crippen LogP contribution >= 0.6 is 0 Å². The first-order chi connectivity index (χ1) is 5.36. The molecule has 0 radical (unpaired) electrons. The van der Waals surface area contributed by atoms with Crippen molar-refractivity contribution in [3.63, 3.8) is 0 Å². The molecule has 1 saturated heterocycles. The van der Waals surface area contributed by atoms with Crippen LogP contribution in [0.25, 0.3) is 0 Å². The Morgan fingerprint density at radius 2 is 2.45 bits per heavy atom. The Morgan fingerprint density at radius 1 is 1.64 bits per heavy atom. The summed E-state index contributed by atoms with van der Waals surface area (Å²) in [5.74, 6) is 0. The first kappa shape index (κ1) is 8.68. The van der Waals surface area contributed by atoms with Crippen molar-refractivity contribution >= 4 is 6.29 Å². The zero-order valence-corrected chi connectivity index (χ0v) is 6.79. The van der Waals surface area contributed by atoms with Gasteiger partial charge >= 0.3 is 0 Å². The molecule has 1 rings (SSSR count). The summed E-state index contributed by atoms with van der Waals surface area (Å²) in [6.45, 7) is 2.66. The van der Waals surface area contributed by atoms with Crippen LogP contribution in [0.3, 0.4) is 0 Å². The molecule has 3 heteroatoms. The van der Waals surface area contributed by atoms with Crippen LogP contribution in [0, 0.1) is 0 Å². The molecule has 0 amide bonds. The molecule has 2 unspecified atom stereocenters. The monoisotopic (exact) mass is 158 g/mol. The molecule has 0 N–H and O–H groups in total. The van der Waals surface area contributed by atoms with Gasteiger partial charge in [-0.2, -0.15) is 0 Å². The lowest BCUT2D eigenvalue weighted by Gasteiger charge is -2.07. The molecule has 0 saturated carbocycles. The lowest BCUT2D eigenvalue weighted by Crippen LogP contribution is -2.12. The number of hydrogen-bond donors (Lipinski definition) is 0. The van der Waals surface area contributed by atoms with Gasteiger partial charge in [0.05, 0.1) is 12.7 Å². The fraction of sp³-hybridized carbons (Fsp3) is 0.875. The maximum Gasteiger partial charge on any atom is 0.158 e. The Morgan fingerprint density at radius 3 is 3.09 bits per heavy atom. The molecule has 0 spiro atoms. The molecule has 0 aromatic rings. The topological polar surface area (TPSA) is 35.5 Å². The van der Waals surface area contributed by atoms with Crippen LogP contribution in [0.5, 0.6) is 0 Å². The van der Waals surface area contributed by atoms with Gasteiger partial charge in [-0.05, 0) is 6.42 Å². The molecular weight excluding hydrogens is 144 g/mol. The Hall–Kier alpha value is -0.410. The van der Waals surface area contributed by atoms with Gasteiger partial charge in [0.1, 0.15) is 6.29 Å². The lowest BCUT2D eigenvalue weighted by atomic mass is 10.3. The number of carbonyl (C=O) groups is 1. The van der Waals surface area contributed by atoms with E-state index in [1.54, 1.807) is 0 Å². The van der Waals surface area contributed by atoms with Crippen molar-refractivity contribution in [2.24, 2.45) is 0 Å². The second-order valence-electron chi connectivity index (χ2n) is 2.71. The van der Waals surface area contributed by atoms with E-state index in [2.05, 4.69) is 6.92 Å². The Bertz CT molecular complexity index is 125. The molecular formula is C8H14O3. The molecule has 1 aliphatic heterocycles. The van der Waals surface area contributed by atoms with Gasteiger partial charge in [-0.3, -0.25) is 0 Å². The summed E-state index contributed by atoms with van der Waals surface area (Å²) in [5, 5.41) is 0. The van der Waals surface area contributed by atoms with Crippen LogP contribution in [0.1, 0.15) is 26.2 Å². The molecule has 0 aromatic carbocycles. The average molecular weight is 158 g/mol. The van der Waals surface area contributed by atoms with Gasteiger partial charge in [0, 0.05) is 6.42 Å². The summed E-state index contributed by atoms with van der Waals surface area (Å²) in [4.78, 5) is 10.1. The Kier molecular flexibility index (Phi) is 3.52. The van der Waals surface area contributed by atoms with Gasteiger partial charge in [0.25, 0.3) is 0 Å².